The molecular weight excluding hydrogens is 314 g/mol. The molecule has 5 heteroatoms. The number of carbonyl (C=O) groups is 2. The van der Waals surface area contributed by atoms with Gasteiger partial charge in [0.15, 0.2) is 5.78 Å². The van der Waals surface area contributed by atoms with Crippen molar-refractivity contribution in [1.82, 2.24) is 0 Å². The second kappa shape index (κ2) is 6.05. The molecule has 0 aliphatic heterocycles. The number of carbonyl (C=O) groups excluding carboxylic acids is 2. The molecule has 0 bridgehead atoms. The van der Waals surface area contributed by atoms with E-state index in [1.54, 1.807) is 36.4 Å². The van der Waals surface area contributed by atoms with Crippen molar-refractivity contribution in [3.8, 4) is 5.75 Å². The van der Waals surface area contributed by atoms with E-state index in [9.17, 15) is 9.59 Å². The minimum absolute atomic E-state index is 0.0640. The molecule has 0 spiro atoms. The van der Waals surface area contributed by atoms with Crippen LogP contribution in [0.4, 0.5) is 0 Å². The third-order valence-electron chi connectivity index (χ3n) is 4.05. The van der Waals surface area contributed by atoms with Gasteiger partial charge in [-0.1, -0.05) is 30.7 Å². The SMILES string of the molecule is C[C@@H]1CC(=O)c2c(OCc3ccc(C(N)=O)cc3)ccc(Cl)c21. The van der Waals surface area contributed by atoms with Gasteiger partial charge in [0.25, 0.3) is 0 Å². The molecule has 2 aromatic carbocycles. The van der Waals surface area contributed by atoms with Gasteiger partial charge in [0.05, 0.1) is 5.56 Å². The summed E-state index contributed by atoms with van der Waals surface area (Å²) >= 11 is 6.21. The molecule has 1 amide bonds. The Bertz CT molecular complexity index is 784. The Hall–Kier alpha value is -2.33. The smallest absolute Gasteiger partial charge is 0.248 e. The number of ketones is 1. The largest absolute Gasteiger partial charge is 0.488 e. The molecule has 0 radical (unpaired) electrons. The van der Waals surface area contributed by atoms with Crippen LogP contribution in [0.5, 0.6) is 5.75 Å². The molecule has 0 saturated carbocycles. The number of amides is 1. The van der Waals surface area contributed by atoms with Crippen LogP contribution in [-0.2, 0) is 6.61 Å². The fourth-order valence-corrected chi connectivity index (χ4v) is 3.22. The van der Waals surface area contributed by atoms with Gasteiger partial charge in [0, 0.05) is 17.0 Å². The highest BCUT2D eigenvalue weighted by molar-refractivity contribution is 6.32. The summed E-state index contributed by atoms with van der Waals surface area (Å²) in [6.07, 6.45) is 0.461. The molecule has 118 valence electrons. The number of hydrogen-bond donors (Lipinski definition) is 1. The first-order chi connectivity index (χ1) is 11.0. The van der Waals surface area contributed by atoms with Crippen LogP contribution in [0, 0.1) is 0 Å². The molecule has 4 nitrogen and oxygen atoms in total. The molecule has 1 aliphatic rings. The first kappa shape index (κ1) is 15.6. The Labute approximate surface area is 139 Å². The van der Waals surface area contributed by atoms with Gasteiger partial charge in [0.1, 0.15) is 12.4 Å². The van der Waals surface area contributed by atoms with Crippen molar-refractivity contribution in [2.45, 2.75) is 25.9 Å². The quantitative estimate of drug-likeness (QED) is 0.929. The highest BCUT2D eigenvalue weighted by atomic mass is 35.5. The average Bonchev–Trinajstić information content (AvgIpc) is 2.83. The number of benzene rings is 2. The number of nitrogens with two attached hydrogens (primary N) is 1. The second-order valence-corrected chi connectivity index (χ2v) is 6.12. The summed E-state index contributed by atoms with van der Waals surface area (Å²) in [5.74, 6) is 0.266. The number of hydrogen-bond acceptors (Lipinski definition) is 3. The van der Waals surface area contributed by atoms with E-state index in [1.165, 1.54) is 0 Å². The van der Waals surface area contributed by atoms with Crippen molar-refractivity contribution in [2.75, 3.05) is 0 Å². The van der Waals surface area contributed by atoms with Gasteiger partial charge in [-0.15, -0.1) is 0 Å². The standard InChI is InChI=1S/C18H16ClNO3/c1-10-8-14(21)17-15(7-6-13(19)16(10)17)23-9-11-2-4-12(5-3-11)18(20)22/h2-7,10H,8-9H2,1H3,(H2,20,22)/t10-/m1/s1. The molecule has 2 N–H and O–H groups in total. The number of Topliss-reactive ketones (excluding diaryl/α,β-unsaturated/α-hetero) is 1. The highest BCUT2D eigenvalue weighted by Gasteiger charge is 2.31. The van der Waals surface area contributed by atoms with Crippen molar-refractivity contribution in [3.05, 3.63) is 63.7 Å². The third kappa shape index (κ3) is 2.94. The topological polar surface area (TPSA) is 69.4 Å². The fourth-order valence-electron chi connectivity index (χ4n) is 2.87. The third-order valence-corrected chi connectivity index (χ3v) is 4.38. The normalized spacial score (nSPS) is 16.3. The van der Waals surface area contributed by atoms with Gasteiger partial charge >= 0.3 is 0 Å². The summed E-state index contributed by atoms with van der Waals surface area (Å²) in [6.45, 7) is 2.29. The van der Waals surface area contributed by atoms with Crippen molar-refractivity contribution in [2.24, 2.45) is 5.73 Å². The molecule has 23 heavy (non-hydrogen) atoms. The lowest BCUT2D eigenvalue weighted by atomic mass is 10.0. The Morgan fingerprint density at radius 3 is 2.61 bits per heavy atom. The first-order valence-electron chi connectivity index (χ1n) is 7.34. The monoisotopic (exact) mass is 329 g/mol. The van der Waals surface area contributed by atoms with Crippen molar-refractivity contribution < 1.29 is 14.3 Å². The van der Waals surface area contributed by atoms with Gasteiger partial charge in [-0.2, -0.15) is 0 Å². The number of halogens is 1. The lowest BCUT2D eigenvalue weighted by molar-refractivity contribution is 0.0982. The molecule has 0 fully saturated rings. The molecule has 0 heterocycles. The van der Waals surface area contributed by atoms with Crippen LogP contribution in [0.15, 0.2) is 36.4 Å². The molecule has 0 saturated heterocycles. The van der Waals surface area contributed by atoms with E-state index in [1.807, 2.05) is 6.92 Å². The van der Waals surface area contributed by atoms with E-state index >= 15 is 0 Å². The van der Waals surface area contributed by atoms with Crippen LogP contribution in [0.3, 0.4) is 0 Å². The predicted molar refractivity (Wildman–Crippen MR) is 88.1 cm³/mol. The lowest BCUT2D eigenvalue weighted by Gasteiger charge is -2.12. The second-order valence-electron chi connectivity index (χ2n) is 5.71. The number of ether oxygens (including phenoxy) is 1. The maximum Gasteiger partial charge on any atom is 0.248 e. The Balaban J connectivity index is 1.82. The van der Waals surface area contributed by atoms with Crippen LogP contribution < -0.4 is 10.5 Å². The summed E-state index contributed by atoms with van der Waals surface area (Å²) in [5, 5.41) is 0.608. The molecule has 1 aliphatic carbocycles. The van der Waals surface area contributed by atoms with E-state index in [0.29, 0.717) is 34.9 Å². The van der Waals surface area contributed by atoms with Gasteiger partial charge in [-0.05, 0) is 41.3 Å². The van der Waals surface area contributed by atoms with Crippen molar-refractivity contribution in [1.29, 1.82) is 0 Å². The van der Waals surface area contributed by atoms with E-state index in [4.69, 9.17) is 22.1 Å². The number of primary amides is 1. The fraction of sp³-hybridized carbons (Fsp3) is 0.222. The number of rotatable bonds is 4. The van der Waals surface area contributed by atoms with Gasteiger partial charge in [-0.3, -0.25) is 9.59 Å². The van der Waals surface area contributed by atoms with Crippen molar-refractivity contribution in [3.63, 3.8) is 0 Å². The average molecular weight is 330 g/mol. The predicted octanol–water partition coefficient (Wildman–Crippen LogP) is 3.71. The van der Waals surface area contributed by atoms with Gasteiger partial charge < -0.3 is 10.5 Å². The summed E-state index contributed by atoms with van der Waals surface area (Å²) in [4.78, 5) is 23.2. The zero-order valence-corrected chi connectivity index (χ0v) is 13.4. The van der Waals surface area contributed by atoms with Gasteiger partial charge in [0.2, 0.25) is 5.91 Å². The van der Waals surface area contributed by atoms with E-state index < -0.39 is 5.91 Å². The molecular formula is C18H16ClNO3. The maximum atomic E-state index is 12.2. The molecule has 1 atom stereocenters. The van der Waals surface area contributed by atoms with Crippen LogP contribution in [0.1, 0.15) is 51.1 Å². The summed E-state index contributed by atoms with van der Waals surface area (Å²) in [7, 11) is 0. The molecule has 0 aromatic heterocycles. The summed E-state index contributed by atoms with van der Waals surface area (Å²) in [5.41, 5.74) is 8.02. The summed E-state index contributed by atoms with van der Waals surface area (Å²) < 4.78 is 5.81. The van der Waals surface area contributed by atoms with E-state index in [-0.39, 0.29) is 11.7 Å². The minimum atomic E-state index is -0.465. The van der Waals surface area contributed by atoms with Crippen LogP contribution in [0.25, 0.3) is 0 Å². The van der Waals surface area contributed by atoms with Crippen molar-refractivity contribution >= 4 is 23.3 Å². The molecule has 3 rings (SSSR count). The first-order valence-corrected chi connectivity index (χ1v) is 7.72. The van der Waals surface area contributed by atoms with Crippen LogP contribution >= 0.6 is 11.6 Å². The van der Waals surface area contributed by atoms with Crippen LogP contribution in [-0.4, -0.2) is 11.7 Å². The Kier molecular flexibility index (Phi) is 4.09. The highest BCUT2D eigenvalue weighted by Crippen LogP contribution is 2.42. The van der Waals surface area contributed by atoms with E-state index in [0.717, 1.165) is 11.1 Å². The Morgan fingerprint density at radius 1 is 1.26 bits per heavy atom. The zero-order valence-electron chi connectivity index (χ0n) is 12.6. The minimum Gasteiger partial charge on any atom is -0.488 e. The number of fused-ring (bicyclic) bond motifs is 1. The molecule has 0 unspecified atom stereocenters. The van der Waals surface area contributed by atoms with E-state index in [2.05, 4.69) is 0 Å². The van der Waals surface area contributed by atoms with Gasteiger partial charge in [-0.25, -0.2) is 0 Å². The Morgan fingerprint density at radius 2 is 1.96 bits per heavy atom. The zero-order chi connectivity index (χ0) is 16.6. The van der Waals surface area contributed by atoms with Crippen LogP contribution in [0.2, 0.25) is 5.02 Å². The lowest BCUT2D eigenvalue weighted by Crippen LogP contribution is -2.10. The molecule has 2 aromatic rings. The maximum absolute atomic E-state index is 12.2. The summed E-state index contributed by atoms with van der Waals surface area (Å²) in [6, 6.07) is 10.4.